The van der Waals surface area contributed by atoms with Gasteiger partial charge in [0.15, 0.2) is 0 Å². The minimum Gasteiger partial charge on any atom is -0.399 e. The fraction of sp³-hybridized carbons (Fsp3) is 0.143. The molecule has 0 aromatic heterocycles. The number of hydrogen-bond acceptors (Lipinski definition) is 6. The molecule has 0 aliphatic rings. The number of aryl methyl sites for hydroxylation is 1. The Labute approximate surface area is 214 Å². The Kier molecular flexibility index (Phi) is 8.73. The Balaban J connectivity index is 0.000000208. The van der Waals surface area contributed by atoms with E-state index in [0.717, 1.165) is 28.7 Å². The first-order chi connectivity index (χ1) is 17.5. The van der Waals surface area contributed by atoms with Crippen LogP contribution in [0.2, 0.25) is 0 Å². The highest BCUT2D eigenvalue weighted by Gasteiger charge is 2.33. The molecule has 0 saturated carbocycles. The molecule has 0 aliphatic heterocycles. The molecule has 37 heavy (non-hydrogen) atoms. The second kappa shape index (κ2) is 11.9. The molecule has 0 saturated heterocycles. The third-order valence-corrected chi connectivity index (χ3v) is 5.65. The van der Waals surface area contributed by atoms with Crippen molar-refractivity contribution in [3.8, 4) is 0 Å². The van der Waals surface area contributed by atoms with Crippen LogP contribution in [0.1, 0.15) is 22.3 Å². The number of anilines is 6. The Morgan fingerprint density at radius 1 is 0.622 bits per heavy atom. The molecule has 0 spiro atoms. The van der Waals surface area contributed by atoms with Crippen LogP contribution in [0.3, 0.4) is 0 Å². The Morgan fingerprint density at radius 2 is 1.08 bits per heavy atom. The van der Waals surface area contributed by atoms with E-state index < -0.39 is 11.7 Å². The molecule has 0 amide bonds. The number of alkyl halides is 3. The average molecular weight is 509 g/mol. The second-order valence-electron chi connectivity index (χ2n) is 8.48. The van der Waals surface area contributed by atoms with Gasteiger partial charge in [0.05, 0.1) is 5.56 Å². The summed E-state index contributed by atoms with van der Waals surface area (Å²) in [6.45, 7) is 2.93. The molecule has 4 aromatic carbocycles. The molecular weight excluding hydrogens is 477 g/mol. The van der Waals surface area contributed by atoms with E-state index in [0.29, 0.717) is 23.5 Å². The molecule has 0 fully saturated rings. The van der Waals surface area contributed by atoms with Gasteiger partial charge in [-0.2, -0.15) is 13.2 Å². The summed E-state index contributed by atoms with van der Waals surface area (Å²) in [6, 6.07) is 23.9. The smallest absolute Gasteiger partial charge is 0.399 e. The van der Waals surface area contributed by atoms with Crippen LogP contribution in [0, 0.1) is 6.92 Å². The monoisotopic (exact) mass is 508 g/mol. The number of nitrogens with one attached hydrogen (secondary N) is 2. The van der Waals surface area contributed by atoms with Crippen molar-refractivity contribution in [2.75, 3.05) is 33.6 Å². The first-order valence-corrected chi connectivity index (χ1v) is 11.5. The van der Waals surface area contributed by atoms with Crippen molar-refractivity contribution < 1.29 is 13.2 Å². The van der Waals surface area contributed by atoms with Crippen molar-refractivity contribution in [3.05, 3.63) is 107 Å². The fourth-order valence-electron chi connectivity index (χ4n) is 3.59. The molecule has 0 heterocycles. The lowest BCUT2D eigenvalue weighted by Gasteiger charge is -2.15. The van der Waals surface area contributed by atoms with E-state index in [1.54, 1.807) is 24.3 Å². The maximum Gasteiger partial charge on any atom is 0.418 e. The standard InChI is InChI=1S/C14H14F3N3.C14H17N3/c15-14(16,17)11-3-1-2-4-13(11)20-8-9-7-10(18)5-6-12(9)19;1-10-4-2-3-5-14(10)17-9-11-8-12(15)6-7-13(11)16/h1-7,20H,8,18-19H2;2-8,17H,9,15-16H2,1H3. The van der Waals surface area contributed by atoms with Crippen LogP contribution in [0.4, 0.5) is 47.3 Å². The van der Waals surface area contributed by atoms with Crippen LogP contribution >= 0.6 is 0 Å². The largest absolute Gasteiger partial charge is 0.418 e. The zero-order valence-corrected chi connectivity index (χ0v) is 20.4. The SMILES string of the molecule is Cc1ccccc1NCc1cc(N)ccc1N.Nc1ccc(N)c(CNc2ccccc2C(F)(F)F)c1. The molecule has 194 valence electrons. The van der Waals surface area contributed by atoms with Crippen molar-refractivity contribution in [3.63, 3.8) is 0 Å². The van der Waals surface area contributed by atoms with Gasteiger partial charge in [-0.25, -0.2) is 0 Å². The van der Waals surface area contributed by atoms with Crippen LogP contribution in [-0.4, -0.2) is 0 Å². The van der Waals surface area contributed by atoms with Crippen LogP contribution in [-0.2, 0) is 19.3 Å². The normalized spacial score (nSPS) is 10.8. The molecule has 4 aromatic rings. The van der Waals surface area contributed by atoms with E-state index in [-0.39, 0.29) is 12.2 Å². The van der Waals surface area contributed by atoms with Gasteiger partial charge in [0.25, 0.3) is 0 Å². The van der Waals surface area contributed by atoms with Gasteiger partial charge >= 0.3 is 6.18 Å². The number of benzene rings is 4. The van der Waals surface area contributed by atoms with Crippen molar-refractivity contribution in [1.29, 1.82) is 0 Å². The number of para-hydroxylation sites is 2. The Morgan fingerprint density at radius 3 is 1.59 bits per heavy atom. The average Bonchev–Trinajstić information content (AvgIpc) is 2.86. The summed E-state index contributed by atoms with van der Waals surface area (Å²) in [5, 5.41) is 6.11. The van der Waals surface area contributed by atoms with Gasteiger partial charge in [0, 0.05) is 47.2 Å². The van der Waals surface area contributed by atoms with E-state index in [1.165, 1.54) is 17.7 Å². The van der Waals surface area contributed by atoms with Gasteiger partial charge < -0.3 is 33.6 Å². The first kappa shape index (κ1) is 27.1. The summed E-state index contributed by atoms with van der Waals surface area (Å²) >= 11 is 0. The van der Waals surface area contributed by atoms with Gasteiger partial charge in [-0.15, -0.1) is 0 Å². The minimum absolute atomic E-state index is 0.0156. The number of nitrogens with two attached hydrogens (primary N) is 4. The fourth-order valence-corrected chi connectivity index (χ4v) is 3.59. The van der Waals surface area contributed by atoms with E-state index in [9.17, 15) is 13.2 Å². The van der Waals surface area contributed by atoms with Crippen LogP contribution < -0.4 is 33.6 Å². The quantitative estimate of drug-likeness (QED) is 0.171. The summed E-state index contributed by atoms with van der Waals surface area (Å²) in [7, 11) is 0. The van der Waals surface area contributed by atoms with Crippen LogP contribution in [0.25, 0.3) is 0 Å². The highest BCUT2D eigenvalue weighted by molar-refractivity contribution is 5.59. The molecule has 9 heteroatoms. The third-order valence-electron chi connectivity index (χ3n) is 5.65. The van der Waals surface area contributed by atoms with Gasteiger partial charge in [0.1, 0.15) is 0 Å². The highest BCUT2D eigenvalue weighted by Crippen LogP contribution is 2.35. The summed E-state index contributed by atoms with van der Waals surface area (Å²) in [5.74, 6) is 0. The number of halogens is 3. The minimum atomic E-state index is -4.40. The summed E-state index contributed by atoms with van der Waals surface area (Å²) < 4.78 is 38.5. The highest BCUT2D eigenvalue weighted by atomic mass is 19.4. The molecule has 0 unspecified atom stereocenters. The summed E-state index contributed by atoms with van der Waals surface area (Å²) in [6.07, 6.45) is -4.40. The first-order valence-electron chi connectivity index (χ1n) is 11.5. The van der Waals surface area contributed by atoms with E-state index in [4.69, 9.17) is 22.9 Å². The van der Waals surface area contributed by atoms with Gasteiger partial charge in [-0.05, 0) is 78.2 Å². The zero-order chi connectivity index (χ0) is 27.0. The number of rotatable bonds is 6. The summed E-state index contributed by atoms with van der Waals surface area (Å²) in [5.41, 5.74) is 28.9. The maximum absolute atomic E-state index is 12.8. The third kappa shape index (κ3) is 7.73. The molecule has 4 rings (SSSR count). The number of nitrogen functional groups attached to an aromatic ring is 4. The molecule has 0 bridgehead atoms. The van der Waals surface area contributed by atoms with Gasteiger partial charge in [-0.3, -0.25) is 0 Å². The van der Waals surface area contributed by atoms with Gasteiger partial charge in [0.2, 0.25) is 0 Å². The lowest BCUT2D eigenvalue weighted by atomic mass is 10.1. The molecule has 0 radical (unpaired) electrons. The molecule has 6 nitrogen and oxygen atoms in total. The lowest BCUT2D eigenvalue weighted by Crippen LogP contribution is -2.11. The predicted octanol–water partition coefficient (Wildman–Crippen LogP) is 6.25. The van der Waals surface area contributed by atoms with Crippen LogP contribution in [0.15, 0.2) is 84.9 Å². The van der Waals surface area contributed by atoms with E-state index in [1.807, 2.05) is 30.3 Å². The second-order valence-corrected chi connectivity index (χ2v) is 8.48. The number of hydrogen-bond donors (Lipinski definition) is 6. The van der Waals surface area contributed by atoms with E-state index >= 15 is 0 Å². The van der Waals surface area contributed by atoms with Crippen molar-refractivity contribution in [2.24, 2.45) is 0 Å². The molecule has 10 N–H and O–H groups in total. The maximum atomic E-state index is 12.8. The molecular formula is C28H31F3N6. The zero-order valence-electron chi connectivity index (χ0n) is 20.4. The van der Waals surface area contributed by atoms with Crippen molar-refractivity contribution in [2.45, 2.75) is 26.2 Å². The van der Waals surface area contributed by atoms with Gasteiger partial charge in [-0.1, -0.05) is 30.3 Å². The molecule has 0 atom stereocenters. The van der Waals surface area contributed by atoms with Crippen LogP contribution in [0.5, 0.6) is 0 Å². The lowest BCUT2D eigenvalue weighted by molar-refractivity contribution is -0.137. The van der Waals surface area contributed by atoms with Crippen molar-refractivity contribution in [1.82, 2.24) is 0 Å². The Bertz CT molecular complexity index is 1340. The topological polar surface area (TPSA) is 128 Å². The van der Waals surface area contributed by atoms with Crippen molar-refractivity contribution >= 4 is 34.1 Å². The molecule has 0 aliphatic carbocycles. The Hall–Kier alpha value is -4.53. The predicted molar refractivity (Wildman–Crippen MR) is 148 cm³/mol. The summed E-state index contributed by atoms with van der Waals surface area (Å²) in [4.78, 5) is 0. The van der Waals surface area contributed by atoms with E-state index in [2.05, 4.69) is 29.7 Å².